The van der Waals surface area contributed by atoms with Crippen molar-refractivity contribution in [3.63, 3.8) is 0 Å². The van der Waals surface area contributed by atoms with E-state index in [1.54, 1.807) is 11.0 Å². The lowest BCUT2D eigenvalue weighted by Crippen LogP contribution is -2.24. The summed E-state index contributed by atoms with van der Waals surface area (Å²) in [5, 5.41) is 13.8. The number of halogens is 1. The zero-order valence-electron chi connectivity index (χ0n) is 15.5. The second kappa shape index (κ2) is 6.50. The Morgan fingerprint density at radius 1 is 1.31 bits per heavy atom. The third kappa shape index (κ3) is 2.72. The Bertz CT molecular complexity index is 944. The Kier molecular flexibility index (Phi) is 4.30. The van der Waals surface area contributed by atoms with Crippen LogP contribution in [0.2, 0.25) is 5.15 Å². The van der Waals surface area contributed by atoms with Gasteiger partial charge in [0.05, 0.1) is 11.7 Å². The van der Waals surface area contributed by atoms with E-state index in [-0.39, 0.29) is 6.04 Å². The summed E-state index contributed by atoms with van der Waals surface area (Å²) < 4.78 is 3.59. The molecule has 138 valence electrons. The molecule has 0 N–H and O–H groups in total. The molecule has 0 radical (unpaired) electrons. The highest BCUT2D eigenvalue weighted by molar-refractivity contribution is 6.30. The molecule has 0 aromatic carbocycles. The summed E-state index contributed by atoms with van der Waals surface area (Å²) in [4.78, 5) is 11.1. The minimum atomic E-state index is 0.142. The first kappa shape index (κ1) is 17.2. The smallest absolute Gasteiger partial charge is 0.183 e. The van der Waals surface area contributed by atoms with Crippen molar-refractivity contribution in [2.24, 2.45) is 13.0 Å². The average Bonchev–Trinajstić information content (AvgIpc) is 3.27. The first-order valence-corrected chi connectivity index (χ1v) is 9.35. The maximum Gasteiger partial charge on any atom is 0.183 e. The SMILES string of the molecule is Cc1nn(CC(C)C)c(Cl)c1C1CCCN1c1ncnc2c1nnn2C. The molecule has 1 unspecified atom stereocenters. The number of aryl methyl sites for hydroxylation is 2. The lowest BCUT2D eigenvalue weighted by Gasteiger charge is -2.25. The number of rotatable bonds is 4. The van der Waals surface area contributed by atoms with Crippen LogP contribution in [0.15, 0.2) is 6.33 Å². The van der Waals surface area contributed by atoms with E-state index in [9.17, 15) is 0 Å². The molecule has 1 saturated heterocycles. The van der Waals surface area contributed by atoms with Gasteiger partial charge in [-0.3, -0.25) is 4.68 Å². The summed E-state index contributed by atoms with van der Waals surface area (Å²) >= 11 is 6.74. The first-order chi connectivity index (χ1) is 12.5. The highest BCUT2D eigenvalue weighted by atomic mass is 35.5. The average molecular weight is 375 g/mol. The van der Waals surface area contributed by atoms with E-state index in [0.717, 1.165) is 59.3 Å². The van der Waals surface area contributed by atoms with E-state index in [1.807, 2.05) is 18.7 Å². The molecule has 0 saturated carbocycles. The van der Waals surface area contributed by atoms with E-state index in [4.69, 9.17) is 11.6 Å². The third-order valence-corrected chi connectivity index (χ3v) is 5.27. The molecule has 0 bridgehead atoms. The highest BCUT2D eigenvalue weighted by Crippen LogP contribution is 2.41. The van der Waals surface area contributed by atoms with Gasteiger partial charge in [-0.15, -0.1) is 5.10 Å². The lowest BCUT2D eigenvalue weighted by molar-refractivity contribution is 0.481. The van der Waals surface area contributed by atoms with Crippen molar-refractivity contribution < 1.29 is 0 Å². The van der Waals surface area contributed by atoms with Gasteiger partial charge in [0.25, 0.3) is 0 Å². The van der Waals surface area contributed by atoms with E-state index in [0.29, 0.717) is 5.92 Å². The fourth-order valence-electron chi connectivity index (χ4n) is 3.78. The van der Waals surface area contributed by atoms with Crippen LogP contribution >= 0.6 is 11.6 Å². The van der Waals surface area contributed by atoms with E-state index < -0.39 is 0 Å². The molecule has 26 heavy (non-hydrogen) atoms. The zero-order valence-corrected chi connectivity index (χ0v) is 16.3. The van der Waals surface area contributed by atoms with Gasteiger partial charge in [-0.1, -0.05) is 30.7 Å². The summed E-state index contributed by atoms with van der Waals surface area (Å²) in [6, 6.07) is 0.142. The summed E-state index contributed by atoms with van der Waals surface area (Å²) in [7, 11) is 1.84. The van der Waals surface area contributed by atoms with Gasteiger partial charge in [0.1, 0.15) is 11.5 Å². The van der Waals surface area contributed by atoms with Crippen LogP contribution < -0.4 is 4.90 Å². The van der Waals surface area contributed by atoms with Crippen molar-refractivity contribution in [3.8, 4) is 0 Å². The molecule has 1 aliphatic heterocycles. The minimum Gasteiger partial charge on any atom is -0.347 e. The van der Waals surface area contributed by atoms with Gasteiger partial charge in [0.15, 0.2) is 17.0 Å². The van der Waals surface area contributed by atoms with Crippen molar-refractivity contribution in [2.45, 2.75) is 46.2 Å². The van der Waals surface area contributed by atoms with Crippen LogP contribution in [0.5, 0.6) is 0 Å². The van der Waals surface area contributed by atoms with Gasteiger partial charge in [-0.05, 0) is 25.7 Å². The monoisotopic (exact) mass is 374 g/mol. The standard InChI is InChI=1S/C17H23ClN8/c1-10(2)8-26-15(18)13(11(3)22-26)12-6-5-7-25(12)17-14-16(19-9-20-17)24(4)23-21-14/h9-10,12H,5-8H2,1-4H3. The number of fused-ring (bicyclic) bond motifs is 1. The number of anilines is 1. The fourth-order valence-corrected chi connectivity index (χ4v) is 4.15. The Labute approximate surface area is 157 Å². The van der Waals surface area contributed by atoms with Crippen molar-refractivity contribution in [3.05, 3.63) is 22.7 Å². The van der Waals surface area contributed by atoms with Crippen LogP contribution in [-0.2, 0) is 13.6 Å². The third-order valence-electron chi connectivity index (χ3n) is 4.87. The topological polar surface area (TPSA) is 77.6 Å². The number of hydrogen-bond donors (Lipinski definition) is 0. The van der Waals surface area contributed by atoms with Gasteiger partial charge >= 0.3 is 0 Å². The van der Waals surface area contributed by atoms with Crippen molar-refractivity contribution in [1.82, 2.24) is 34.7 Å². The van der Waals surface area contributed by atoms with E-state index >= 15 is 0 Å². The van der Waals surface area contributed by atoms with Crippen LogP contribution in [0.4, 0.5) is 5.82 Å². The number of hydrogen-bond acceptors (Lipinski definition) is 6. The van der Waals surface area contributed by atoms with Gasteiger partial charge < -0.3 is 4.90 Å². The molecule has 4 heterocycles. The van der Waals surface area contributed by atoms with Gasteiger partial charge in [-0.2, -0.15) is 5.10 Å². The Hall–Kier alpha value is -2.22. The minimum absolute atomic E-state index is 0.142. The second-order valence-corrected chi connectivity index (χ2v) is 7.66. The first-order valence-electron chi connectivity index (χ1n) is 8.97. The summed E-state index contributed by atoms with van der Waals surface area (Å²) in [6.45, 7) is 8.08. The van der Waals surface area contributed by atoms with E-state index in [2.05, 4.69) is 44.1 Å². The predicted molar refractivity (Wildman–Crippen MR) is 100 cm³/mol. The Morgan fingerprint density at radius 2 is 2.12 bits per heavy atom. The predicted octanol–water partition coefficient (Wildman–Crippen LogP) is 2.91. The summed E-state index contributed by atoms with van der Waals surface area (Å²) in [5.74, 6) is 1.30. The molecular formula is C17H23ClN8. The molecule has 8 nitrogen and oxygen atoms in total. The molecule has 3 aromatic rings. The fraction of sp³-hybridized carbons (Fsp3) is 0.588. The summed E-state index contributed by atoms with van der Waals surface area (Å²) in [5.41, 5.74) is 3.54. The quantitative estimate of drug-likeness (QED) is 0.698. The summed E-state index contributed by atoms with van der Waals surface area (Å²) in [6.07, 6.45) is 3.66. The van der Waals surface area contributed by atoms with Crippen LogP contribution in [-0.4, -0.2) is 41.3 Å². The molecule has 1 fully saturated rings. The number of aromatic nitrogens is 7. The molecule has 0 aliphatic carbocycles. The van der Waals surface area contributed by atoms with Crippen LogP contribution in [0.3, 0.4) is 0 Å². The Balaban J connectivity index is 1.77. The van der Waals surface area contributed by atoms with Gasteiger partial charge in [0.2, 0.25) is 0 Å². The highest BCUT2D eigenvalue weighted by Gasteiger charge is 2.34. The van der Waals surface area contributed by atoms with Crippen molar-refractivity contribution in [1.29, 1.82) is 0 Å². The maximum absolute atomic E-state index is 6.74. The van der Waals surface area contributed by atoms with Crippen LogP contribution in [0.1, 0.15) is 44.0 Å². The van der Waals surface area contributed by atoms with Crippen molar-refractivity contribution in [2.75, 3.05) is 11.4 Å². The van der Waals surface area contributed by atoms with Gasteiger partial charge in [-0.25, -0.2) is 14.6 Å². The maximum atomic E-state index is 6.74. The zero-order chi connectivity index (χ0) is 18.4. The molecule has 9 heteroatoms. The lowest BCUT2D eigenvalue weighted by atomic mass is 10.1. The molecule has 0 amide bonds. The van der Waals surface area contributed by atoms with E-state index in [1.165, 1.54) is 0 Å². The Morgan fingerprint density at radius 3 is 2.88 bits per heavy atom. The normalized spacial score (nSPS) is 17.8. The molecular weight excluding hydrogens is 352 g/mol. The molecule has 1 aliphatic rings. The molecule has 4 rings (SSSR count). The van der Waals surface area contributed by atoms with Crippen LogP contribution in [0, 0.1) is 12.8 Å². The van der Waals surface area contributed by atoms with Gasteiger partial charge in [0, 0.05) is 25.7 Å². The van der Waals surface area contributed by atoms with Crippen LogP contribution in [0.25, 0.3) is 11.2 Å². The second-order valence-electron chi connectivity index (χ2n) is 7.30. The molecule has 1 atom stereocenters. The molecule has 3 aromatic heterocycles. The number of nitrogens with zero attached hydrogens (tertiary/aromatic N) is 8. The van der Waals surface area contributed by atoms with Crippen molar-refractivity contribution >= 4 is 28.6 Å². The largest absolute Gasteiger partial charge is 0.347 e. The molecule has 0 spiro atoms.